The lowest BCUT2D eigenvalue weighted by Crippen LogP contribution is -2.23. The van der Waals surface area contributed by atoms with Gasteiger partial charge in [-0.1, -0.05) is 19.4 Å². The van der Waals surface area contributed by atoms with E-state index in [4.69, 9.17) is 0 Å². The number of unbranched alkanes of at least 4 members (excludes halogenated alkanes) is 2. The summed E-state index contributed by atoms with van der Waals surface area (Å²) in [6.45, 7) is 6.84. The molecule has 1 aromatic heterocycles. The first-order chi connectivity index (χ1) is 9.33. The molecule has 3 heteroatoms. The fraction of sp³-hybridized carbons (Fsp3) is 0.688. The van der Waals surface area contributed by atoms with Gasteiger partial charge in [0.25, 0.3) is 0 Å². The van der Waals surface area contributed by atoms with Crippen molar-refractivity contribution in [1.29, 1.82) is 0 Å². The van der Waals surface area contributed by atoms with Crippen molar-refractivity contribution >= 4 is 0 Å². The van der Waals surface area contributed by atoms with Crippen LogP contribution in [0.4, 0.5) is 0 Å². The molecule has 0 aromatic carbocycles. The van der Waals surface area contributed by atoms with Gasteiger partial charge in [0.15, 0.2) is 0 Å². The molecule has 1 heterocycles. The van der Waals surface area contributed by atoms with Gasteiger partial charge in [-0.25, -0.2) is 0 Å². The molecule has 0 aliphatic heterocycles. The molecule has 1 aromatic rings. The third-order valence-corrected chi connectivity index (χ3v) is 3.30. The van der Waals surface area contributed by atoms with E-state index in [9.17, 15) is 0 Å². The van der Waals surface area contributed by atoms with E-state index >= 15 is 0 Å². The molecular formula is C16H29N3. The molecule has 0 spiro atoms. The number of hydrogen-bond donors (Lipinski definition) is 1. The van der Waals surface area contributed by atoms with E-state index in [-0.39, 0.29) is 0 Å². The summed E-state index contributed by atoms with van der Waals surface area (Å²) in [5.41, 5.74) is 1.19. The van der Waals surface area contributed by atoms with Crippen LogP contribution in [0, 0.1) is 0 Å². The maximum absolute atomic E-state index is 4.35. The standard InChI is InChI=1S/C16H29N3/c1-3-11-17-12-6-4-8-14-19(2)15-10-16-9-5-7-13-18-16/h5,7,9,13,17H,3-4,6,8,10-12,14-15H2,1-2H3. The summed E-state index contributed by atoms with van der Waals surface area (Å²) in [6.07, 6.45) is 8.08. The van der Waals surface area contributed by atoms with Gasteiger partial charge in [0, 0.05) is 24.9 Å². The maximum Gasteiger partial charge on any atom is 0.0416 e. The Morgan fingerprint density at radius 1 is 1.11 bits per heavy atom. The van der Waals surface area contributed by atoms with Crippen LogP contribution in [0.1, 0.15) is 38.3 Å². The molecule has 3 nitrogen and oxygen atoms in total. The Bertz CT molecular complexity index is 300. The molecule has 0 fully saturated rings. The lowest BCUT2D eigenvalue weighted by Gasteiger charge is -2.16. The van der Waals surface area contributed by atoms with Crippen molar-refractivity contribution in [3.8, 4) is 0 Å². The molecule has 0 saturated carbocycles. The zero-order chi connectivity index (χ0) is 13.8. The molecule has 0 unspecified atom stereocenters. The smallest absolute Gasteiger partial charge is 0.0416 e. The van der Waals surface area contributed by atoms with Crippen LogP contribution in [0.3, 0.4) is 0 Å². The summed E-state index contributed by atoms with van der Waals surface area (Å²) in [6, 6.07) is 6.14. The summed E-state index contributed by atoms with van der Waals surface area (Å²) in [5.74, 6) is 0. The van der Waals surface area contributed by atoms with Gasteiger partial charge in [0.2, 0.25) is 0 Å². The van der Waals surface area contributed by atoms with Crippen molar-refractivity contribution < 1.29 is 0 Å². The molecule has 0 radical (unpaired) electrons. The molecule has 0 aliphatic rings. The highest BCUT2D eigenvalue weighted by atomic mass is 15.1. The summed E-state index contributed by atoms with van der Waals surface area (Å²) in [5, 5.41) is 3.45. The number of aromatic nitrogens is 1. The van der Waals surface area contributed by atoms with Crippen LogP contribution in [-0.4, -0.2) is 43.1 Å². The van der Waals surface area contributed by atoms with Gasteiger partial charge in [0.05, 0.1) is 0 Å². The molecule has 108 valence electrons. The average molecular weight is 263 g/mol. The maximum atomic E-state index is 4.35. The Labute approximate surface area is 118 Å². The third kappa shape index (κ3) is 8.73. The minimum absolute atomic E-state index is 1.05. The van der Waals surface area contributed by atoms with E-state index in [1.165, 1.54) is 44.5 Å². The first kappa shape index (κ1) is 16.1. The van der Waals surface area contributed by atoms with Gasteiger partial charge in [0.1, 0.15) is 0 Å². The molecule has 0 amide bonds. The van der Waals surface area contributed by atoms with E-state index in [0.29, 0.717) is 0 Å². The van der Waals surface area contributed by atoms with Gasteiger partial charge < -0.3 is 10.2 Å². The minimum atomic E-state index is 1.05. The van der Waals surface area contributed by atoms with E-state index in [1.807, 2.05) is 12.3 Å². The number of nitrogens with one attached hydrogen (secondary N) is 1. The minimum Gasteiger partial charge on any atom is -0.317 e. The zero-order valence-corrected chi connectivity index (χ0v) is 12.6. The van der Waals surface area contributed by atoms with Gasteiger partial charge in [-0.2, -0.15) is 0 Å². The first-order valence-corrected chi connectivity index (χ1v) is 7.62. The molecule has 1 rings (SSSR count). The van der Waals surface area contributed by atoms with Crippen LogP contribution in [-0.2, 0) is 6.42 Å². The zero-order valence-electron chi connectivity index (χ0n) is 12.6. The second kappa shape index (κ2) is 10.9. The average Bonchev–Trinajstić information content (AvgIpc) is 2.45. The third-order valence-electron chi connectivity index (χ3n) is 3.30. The topological polar surface area (TPSA) is 28.2 Å². The molecule has 0 bridgehead atoms. The Kier molecular flexibility index (Phi) is 9.29. The lowest BCUT2D eigenvalue weighted by atomic mass is 10.2. The number of pyridine rings is 1. The molecule has 1 N–H and O–H groups in total. The summed E-state index contributed by atoms with van der Waals surface area (Å²) in [7, 11) is 2.21. The van der Waals surface area contributed by atoms with E-state index in [2.05, 4.69) is 41.3 Å². The number of nitrogens with zero attached hydrogens (tertiary/aromatic N) is 2. The monoisotopic (exact) mass is 263 g/mol. The number of likely N-dealkylation sites (N-methyl/N-ethyl adjacent to an activating group) is 1. The number of hydrogen-bond acceptors (Lipinski definition) is 3. The van der Waals surface area contributed by atoms with Gasteiger partial charge in [-0.15, -0.1) is 0 Å². The first-order valence-electron chi connectivity index (χ1n) is 7.62. The van der Waals surface area contributed by atoms with Crippen LogP contribution >= 0.6 is 0 Å². The molecular weight excluding hydrogens is 234 g/mol. The second-order valence-corrected chi connectivity index (χ2v) is 5.19. The molecule has 0 saturated heterocycles. The lowest BCUT2D eigenvalue weighted by molar-refractivity contribution is 0.327. The van der Waals surface area contributed by atoms with E-state index < -0.39 is 0 Å². The molecule has 0 atom stereocenters. The predicted molar refractivity (Wildman–Crippen MR) is 82.4 cm³/mol. The fourth-order valence-corrected chi connectivity index (χ4v) is 2.07. The summed E-state index contributed by atoms with van der Waals surface area (Å²) >= 11 is 0. The Hall–Kier alpha value is -0.930. The molecule has 19 heavy (non-hydrogen) atoms. The van der Waals surface area contributed by atoms with E-state index in [1.54, 1.807) is 0 Å². The Morgan fingerprint density at radius 3 is 2.74 bits per heavy atom. The van der Waals surface area contributed by atoms with Crippen molar-refractivity contribution in [2.45, 2.75) is 39.0 Å². The van der Waals surface area contributed by atoms with Crippen molar-refractivity contribution in [2.24, 2.45) is 0 Å². The van der Waals surface area contributed by atoms with Crippen LogP contribution in [0.5, 0.6) is 0 Å². The second-order valence-electron chi connectivity index (χ2n) is 5.19. The van der Waals surface area contributed by atoms with Crippen LogP contribution < -0.4 is 5.32 Å². The Morgan fingerprint density at radius 2 is 2.00 bits per heavy atom. The quantitative estimate of drug-likeness (QED) is 0.622. The van der Waals surface area contributed by atoms with Crippen molar-refractivity contribution in [2.75, 3.05) is 33.2 Å². The van der Waals surface area contributed by atoms with Gasteiger partial charge in [-0.05, 0) is 58.1 Å². The van der Waals surface area contributed by atoms with Gasteiger partial charge in [-0.3, -0.25) is 4.98 Å². The number of rotatable bonds is 11. The van der Waals surface area contributed by atoms with Crippen molar-refractivity contribution in [1.82, 2.24) is 15.2 Å². The van der Waals surface area contributed by atoms with Crippen LogP contribution in [0.2, 0.25) is 0 Å². The van der Waals surface area contributed by atoms with E-state index in [0.717, 1.165) is 19.5 Å². The highest BCUT2D eigenvalue weighted by Crippen LogP contribution is 2.00. The predicted octanol–water partition coefficient (Wildman–Crippen LogP) is 2.73. The summed E-state index contributed by atoms with van der Waals surface area (Å²) in [4.78, 5) is 6.76. The van der Waals surface area contributed by atoms with Crippen molar-refractivity contribution in [3.05, 3.63) is 30.1 Å². The van der Waals surface area contributed by atoms with Crippen molar-refractivity contribution in [3.63, 3.8) is 0 Å². The SMILES string of the molecule is CCCNCCCCCN(C)CCc1ccccn1. The van der Waals surface area contributed by atoms with Crippen LogP contribution in [0.15, 0.2) is 24.4 Å². The highest BCUT2D eigenvalue weighted by Gasteiger charge is 2.00. The molecule has 0 aliphatic carbocycles. The fourth-order valence-electron chi connectivity index (χ4n) is 2.07. The normalized spacial score (nSPS) is 11.1. The summed E-state index contributed by atoms with van der Waals surface area (Å²) < 4.78 is 0. The largest absolute Gasteiger partial charge is 0.317 e. The Balaban J connectivity index is 1.95. The highest BCUT2D eigenvalue weighted by molar-refractivity contribution is 5.03. The van der Waals surface area contributed by atoms with Crippen LogP contribution in [0.25, 0.3) is 0 Å². The van der Waals surface area contributed by atoms with Gasteiger partial charge >= 0.3 is 0 Å².